The van der Waals surface area contributed by atoms with Gasteiger partial charge in [-0.05, 0) is 44.4 Å². The third-order valence-electron chi connectivity index (χ3n) is 3.75. The lowest BCUT2D eigenvalue weighted by molar-refractivity contribution is 0.0927. The molecule has 0 saturated heterocycles. The molecule has 1 atom stereocenters. The molecule has 1 aliphatic rings. The summed E-state index contributed by atoms with van der Waals surface area (Å²) in [5.74, 6) is 0.847. The van der Waals surface area contributed by atoms with Crippen molar-refractivity contribution in [3.05, 3.63) is 21.9 Å². The Morgan fingerprint density at radius 3 is 2.84 bits per heavy atom. The fourth-order valence-corrected chi connectivity index (χ4v) is 3.31. The normalized spacial score (nSPS) is 17.1. The molecular weight excluding hydrogens is 256 g/mol. The Labute approximate surface area is 120 Å². The highest BCUT2D eigenvalue weighted by Gasteiger charge is 2.21. The summed E-state index contributed by atoms with van der Waals surface area (Å²) >= 11 is 1.89. The van der Waals surface area contributed by atoms with Gasteiger partial charge in [0.1, 0.15) is 0 Å². The summed E-state index contributed by atoms with van der Waals surface area (Å²) < 4.78 is 5.71. The molecule has 1 aliphatic carbocycles. The third kappa shape index (κ3) is 4.56. The van der Waals surface area contributed by atoms with Crippen molar-refractivity contribution in [2.24, 2.45) is 11.7 Å². The quantitative estimate of drug-likeness (QED) is 0.708. The van der Waals surface area contributed by atoms with E-state index in [2.05, 4.69) is 31.0 Å². The maximum Gasteiger partial charge on any atom is 0.0593 e. The third-order valence-corrected chi connectivity index (χ3v) is 5.08. The van der Waals surface area contributed by atoms with E-state index >= 15 is 0 Å². The first kappa shape index (κ1) is 15.0. The van der Waals surface area contributed by atoms with Crippen LogP contribution in [-0.2, 0) is 11.2 Å². The number of ether oxygens (including phenoxy) is 1. The molecule has 3 nitrogen and oxygen atoms in total. The molecule has 0 bridgehead atoms. The average molecular weight is 282 g/mol. The minimum Gasteiger partial charge on any atom is -0.380 e. The van der Waals surface area contributed by atoms with Crippen LogP contribution in [0, 0.1) is 5.92 Å². The summed E-state index contributed by atoms with van der Waals surface area (Å²) in [7, 11) is 2.14. The molecule has 0 aliphatic heterocycles. The molecule has 0 amide bonds. The molecule has 2 rings (SSSR count). The average Bonchev–Trinajstić information content (AvgIpc) is 3.12. The lowest BCUT2D eigenvalue weighted by atomic mass is 10.2. The summed E-state index contributed by atoms with van der Waals surface area (Å²) in [6, 6.07) is 4.78. The van der Waals surface area contributed by atoms with E-state index in [0.29, 0.717) is 12.6 Å². The van der Waals surface area contributed by atoms with Gasteiger partial charge in [-0.25, -0.2) is 0 Å². The Morgan fingerprint density at radius 1 is 1.47 bits per heavy atom. The van der Waals surface area contributed by atoms with E-state index in [-0.39, 0.29) is 0 Å². The first-order chi connectivity index (χ1) is 9.24. The number of nitrogens with zero attached hydrogens (tertiary/aromatic N) is 1. The van der Waals surface area contributed by atoms with Gasteiger partial charge in [-0.15, -0.1) is 11.3 Å². The van der Waals surface area contributed by atoms with Crippen molar-refractivity contribution < 1.29 is 4.74 Å². The van der Waals surface area contributed by atoms with Crippen molar-refractivity contribution >= 4 is 11.3 Å². The van der Waals surface area contributed by atoms with Crippen LogP contribution in [0.4, 0.5) is 0 Å². The Balaban J connectivity index is 1.77. The van der Waals surface area contributed by atoms with E-state index in [1.54, 1.807) is 0 Å². The second-order valence-corrected chi connectivity index (χ2v) is 6.61. The van der Waals surface area contributed by atoms with Crippen molar-refractivity contribution in [3.8, 4) is 0 Å². The summed E-state index contributed by atoms with van der Waals surface area (Å²) in [6.45, 7) is 5.58. The molecule has 1 heterocycles. The van der Waals surface area contributed by atoms with Crippen LogP contribution in [0.15, 0.2) is 12.1 Å². The number of nitrogens with two attached hydrogens (primary N) is 1. The van der Waals surface area contributed by atoms with Crippen molar-refractivity contribution in [3.63, 3.8) is 0 Å². The molecule has 108 valence electrons. The summed E-state index contributed by atoms with van der Waals surface area (Å²) in [5, 5.41) is 0. The van der Waals surface area contributed by atoms with Gasteiger partial charge in [0.15, 0.2) is 0 Å². The molecule has 0 spiro atoms. The Morgan fingerprint density at radius 2 is 2.26 bits per heavy atom. The zero-order valence-electron chi connectivity index (χ0n) is 12.1. The highest BCUT2D eigenvalue weighted by atomic mass is 32.1. The molecule has 19 heavy (non-hydrogen) atoms. The van der Waals surface area contributed by atoms with Gasteiger partial charge in [-0.3, -0.25) is 4.90 Å². The highest BCUT2D eigenvalue weighted by molar-refractivity contribution is 7.12. The van der Waals surface area contributed by atoms with Crippen LogP contribution in [0.2, 0.25) is 0 Å². The predicted octanol–water partition coefficient (Wildman–Crippen LogP) is 2.67. The second-order valence-electron chi connectivity index (χ2n) is 5.41. The van der Waals surface area contributed by atoms with E-state index in [4.69, 9.17) is 10.5 Å². The first-order valence-corrected chi connectivity index (χ1v) is 8.12. The molecule has 0 aromatic carbocycles. The van der Waals surface area contributed by atoms with Crippen LogP contribution in [0.5, 0.6) is 0 Å². The Kier molecular flexibility index (Phi) is 5.82. The van der Waals surface area contributed by atoms with E-state index in [9.17, 15) is 0 Å². The number of hydrogen-bond donors (Lipinski definition) is 1. The van der Waals surface area contributed by atoms with Crippen molar-refractivity contribution in [2.75, 3.05) is 33.4 Å². The molecular formula is C15H26N2OS. The van der Waals surface area contributed by atoms with Crippen molar-refractivity contribution in [1.29, 1.82) is 0 Å². The van der Waals surface area contributed by atoms with Gasteiger partial charge >= 0.3 is 0 Å². The molecule has 2 N–H and O–H groups in total. The SMILES string of the molecule is CCc1ccc(C(CN)N(C)CCOCC2CC2)s1. The number of rotatable bonds is 9. The van der Waals surface area contributed by atoms with E-state index in [1.807, 2.05) is 11.3 Å². The summed E-state index contributed by atoms with van der Waals surface area (Å²) in [6.07, 6.45) is 3.82. The van der Waals surface area contributed by atoms with E-state index < -0.39 is 0 Å². The second kappa shape index (κ2) is 7.39. The van der Waals surface area contributed by atoms with Gasteiger partial charge in [0.2, 0.25) is 0 Å². The maximum absolute atomic E-state index is 5.94. The van der Waals surface area contributed by atoms with Crippen LogP contribution in [0.25, 0.3) is 0 Å². The minimum absolute atomic E-state index is 0.329. The largest absolute Gasteiger partial charge is 0.380 e. The highest BCUT2D eigenvalue weighted by Crippen LogP contribution is 2.29. The summed E-state index contributed by atoms with van der Waals surface area (Å²) in [5.41, 5.74) is 5.94. The van der Waals surface area contributed by atoms with Crippen molar-refractivity contribution in [1.82, 2.24) is 4.90 Å². The van der Waals surface area contributed by atoms with Gasteiger partial charge in [-0.1, -0.05) is 6.92 Å². The van der Waals surface area contributed by atoms with Gasteiger partial charge in [0.25, 0.3) is 0 Å². The number of aryl methyl sites for hydroxylation is 1. The number of hydrogen-bond acceptors (Lipinski definition) is 4. The van der Waals surface area contributed by atoms with E-state index in [0.717, 1.165) is 32.1 Å². The molecule has 1 fully saturated rings. The van der Waals surface area contributed by atoms with Gasteiger partial charge in [0, 0.05) is 29.5 Å². The predicted molar refractivity (Wildman–Crippen MR) is 81.7 cm³/mol. The molecule has 1 aromatic rings. The molecule has 1 saturated carbocycles. The zero-order valence-corrected chi connectivity index (χ0v) is 12.9. The van der Waals surface area contributed by atoms with Gasteiger partial charge < -0.3 is 10.5 Å². The minimum atomic E-state index is 0.329. The van der Waals surface area contributed by atoms with Gasteiger partial charge in [0.05, 0.1) is 12.6 Å². The molecule has 1 unspecified atom stereocenters. The molecule has 4 heteroatoms. The lowest BCUT2D eigenvalue weighted by Crippen LogP contribution is -2.32. The number of thiophene rings is 1. The smallest absolute Gasteiger partial charge is 0.0593 e. The van der Waals surface area contributed by atoms with Crippen molar-refractivity contribution in [2.45, 2.75) is 32.2 Å². The van der Waals surface area contributed by atoms with Crippen LogP contribution >= 0.6 is 11.3 Å². The van der Waals surface area contributed by atoms with Gasteiger partial charge in [-0.2, -0.15) is 0 Å². The topological polar surface area (TPSA) is 38.5 Å². The summed E-state index contributed by atoms with van der Waals surface area (Å²) in [4.78, 5) is 5.13. The Hall–Kier alpha value is -0.420. The number of likely N-dealkylation sites (N-methyl/N-ethyl adjacent to an activating group) is 1. The lowest BCUT2D eigenvalue weighted by Gasteiger charge is -2.26. The fraction of sp³-hybridized carbons (Fsp3) is 0.733. The molecule has 1 aromatic heterocycles. The van der Waals surface area contributed by atoms with Crippen LogP contribution < -0.4 is 5.73 Å². The van der Waals surface area contributed by atoms with Crippen LogP contribution in [-0.4, -0.2) is 38.3 Å². The van der Waals surface area contributed by atoms with Crippen LogP contribution in [0.1, 0.15) is 35.6 Å². The fourth-order valence-electron chi connectivity index (χ4n) is 2.18. The Bertz CT molecular complexity index is 376. The zero-order chi connectivity index (χ0) is 13.7. The van der Waals surface area contributed by atoms with E-state index in [1.165, 1.54) is 22.6 Å². The molecule has 0 radical (unpaired) electrons. The monoisotopic (exact) mass is 282 g/mol. The van der Waals surface area contributed by atoms with Crippen LogP contribution in [0.3, 0.4) is 0 Å². The maximum atomic E-state index is 5.94. The first-order valence-electron chi connectivity index (χ1n) is 7.31. The standard InChI is InChI=1S/C15H26N2OS/c1-3-13-6-7-15(19-13)14(10-16)17(2)8-9-18-11-12-4-5-12/h6-7,12,14H,3-5,8-11,16H2,1-2H3.